The highest BCUT2D eigenvalue weighted by Gasteiger charge is 2.16. The van der Waals surface area contributed by atoms with Gasteiger partial charge in [0, 0.05) is 26.7 Å². The van der Waals surface area contributed by atoms with Crippen LogP contribution in [0, 0.1) is 5.92 Å². The molecule has 1 aliphatic heterocycles. The number of hydrogen-bond acceptors (Lipinski definition) is 2. The summed E-state index contributed by atoms with van der Waals surface area (Å²) >= 11 is 5.33. The van der Waals surface area contributed by atoms with E-state index in [0.29, 0.717) is 5.92 Å². The maximum Gasteiger partial charge on any atom is 0.168 e. The molecule has 16 heavy (non-hydrogen) atoms. The third kappa shape index (κ3) is 5.12. The lowest BCUT2D eigenvalue weighted by atomic mass is 10.0. The molecule has 0 saturated carbocycles. The van der Waals surface area contributed by atoms with Gasteiger partial charge in [0.25, 0.3) is 0 Å². The molecule has 1 N–H and O–H groups in total. The van der Waals surface area contributed by atoms with Crippen LogP contribution in [0.25, 0.3) is 0 Å². The molecule has 0 spiro atoms. The predicted octanol–water partition coefficient (Wildman–Crippen LogP) is 2.02. The van der Waals surface area contributed by atoms with Gasteiger partial charge in [0.2, 0.25) is 0 Å². The van der Waals surface area contributed by atoms with Crippen LogP contribution in [0.2, 0.25) is 0 Å². The van der Waals surface area contributed by atoms with Crippen LogP contribution >= 0.6 is 12.2 Å². The first-order chi connectivity index (χ1) is 7.74. The van der Waals surface area contributed by atoms with Crippen molar-refractivity contribution in [1.82, 2.24) is 10.2 Å². The molecule has 0 aromatic rings. The maximum atomic E-state index is 5.47. The summed E-state index contributed by atoms with van der Waals surface area (Å²) in [6.45, 7) is 6.01. The average Bonchev–Trinajstić information content (AvgIpc) is 2.30. The van der Waals surface area contributed by atoms with Gasteiger partial charge >= 0.3 is 0 Å². The Kier molecular flexibility index (Phi) is 6.73. The first kappa shape index (κ1) is 13.7. The topological polar surface area (TPSA) is 24.5 Å². The SMILES string of the molecule is CCCCNC(=S)N(C)CC1CCCOC1. The molecule has 0 aromatic heterocycles. The fraction of sp³-hybridized carbons (Fsp3) is 0.917. The van der Waals surface area contributed by atoms with Crippen molar-refractivity contribution in [1.29, 1.82) is 0 Å². The van der Waals surface area contributed by atoms with Crippen molar-refractivity contribution in [2.24, 2.45) is 5.92 Å². The molecule has 1 saturated heterocycles. The summed E-state index contributed by atoms with van der Waals surface area (Å²) in [6, 6.07) is 0. The van der Waals surface area contributed by atoms with Crippen LogP contribution in [0.1, 0.15) is 32.6 Å². The molecule has 1 unspecified atom stereocenters. The molecule has 1 heterocycles. The number of nitrogens with zero attached hydrogens (tertiary/aromatic N) is 1. The van der Waals surface area contributed by atoms with Crippen LogP contribution in [-0.4, -0.2) is 43.4 Å². The monoisotopic (exact) mass is 244 g/mol. The van der Waals surface area contributed by atoms with Gasteiger partial charge in [-0.15, -0.1) is 0 Å². The minimum Gasteiger partial charge on any atom is -0.381 e. The zero-order valence-electron chi connectivity index (χ0n) is 10.5. The van der Waals surface area contributed by atoms with Gasteiger partial charge in [-0.25, -0.2) is 0 Å². The molecule has 0 bridgehead atoms. The molecular formula is C12H24N2OS. The fourth-order valence-electron chi connectivity index (χ4n) is 1.93. The van der Waals surface area contributed by atoms with Crippen molar-refractivity contribution in [2.45, 2.75) is 32.6 Å². The highest BCUT2D eigenvalue weighted by atomic mass is 32.1. The minimum atomic E-state index is 0.643. The molecule has 1 rings (SSSR count). The van der Waals surface area contributed by atoms with E-state index >= 15 is 0 Å². The number of ether oxygens (including phenoxy) is 1. The lowest BCUT2D eigenvalue weighted by Crippen LogP contribution is -2.41. The second kappa shape index (κ2) is 7.85. The van der Waals surface area contributed by atoms with E-state index in [-0.39, 0.29) is 0 Å². The molecule has 3 nitrogen and oxygen atoms in total. The average molecular weight is 244 g/mol. The second-order valence-electron chi connectivity index (χ2n) is 4.55. The van der Waals surface area contributed by atoms with Crippen LogP contribution in [-0.2, 0) is 4.74 Å². The number of thiocarbonyl (C=S) groups is 1. The van der Waals surface area contributed by atoms with E-state index in [2.05, 4.69) is 24.2 Å². The van der Waals surface area contributed by atoms with E-state index < -0.39 is 0 Å². The standard InChI is InChI=1S/C12H24N2OS/c1-3-4-7-13-12(16)14(2)9-11-6-5-8-15-10-11/h11H,3-10H2,1-2H3,(H,13,16). The Morgan fingerprint density at radius 2 is 2.38 bits per heavy atom. The van der Waals surface area contributed by atoms with Crippen LogP contribution in [0.4, 0.5) is 0 Å². The Morgan fingerprint density at radius 3 is 3.00 bits per heavy atom. The summed E-state index contributed by atoms with van der Waals surface area (Å²) in [5.41, 5.74) is 0. The van der Waals surface area contributed by atoms with Crippen LogP contribution in [0.3, 0.4) is 0 Å². The zero-order chi connectivity index (χ0) is 11.8. The fourth-order valence-corrected chi connectivity index (χ4v) is 2.11. The van der Waals surface area contributed by atoms with Crippen molar-refractivity contribution in [2.75, 3.05) is 33.4 Å². The lowest BCUT2D eigenvalue weighted by molar-refractivity contribution is 0.0485. The molecule has 0 amide bonds. The number of unbranched alkanes of at least 4 members (excludes halogenated alkanes) is 1. The second-order valence-corrected chi connectivity index (χ2v) is 4.94. The molecule has 1 atom stereocenters. The third-order valence-corrected chi connectivity index (χ3v) is 3.40. The van der Waals surface area contributed by atoms with Crippen LogP contribution < -0.4 is 5.32 Å². The van der Waals surface area contributed by atoms with Gasteiger partial charge in [-0.05, 0) is 37.4 Å². The molecule has 1 fully saturated rings. The summed E-state index contributed by atoms with van der Waals surface area (Å²) in [6.07, 6.45) is 4.84. The lowest BCUT2D eigenvalue weighted by Gasteiger charge is -2.28. The number of rotatable bonds is 5. The van der Waals surface area contributed by atoms with E-state index in [9.17, 15) is 0 Å². The normalized spacial score (nSPS) is 20.5. The molecule has 94 valence electrons. The zero-order valence-corrected chi connectivity index (χ0v) is 11.3. The van der Waals surface area contributed by atoms with Gasteiger partial charge in [-0.1, -0.05) is 13.3 Å². The Morgan fingerprint density at radius 1 is 1.56 bits per heavy atom. The first-order valence-electron chi connectivity index (χ1n) is 6.30. The van der Waals surface area contributed by atoms with Gasteiger partial charge in [-0.3, -0.25) is 0 Å². The Balaban J connectivity index is 2.16. The largest absolute Gasteiger partial charge is 0.381 e. The van der Waals surface area contributed by atoms with Crippen molar-refractivity contribution in [3.8, 4) is 0 Å². The van der Waals surface area contributed by atoms with Gasteiger partial charge in [0.05, 0.1) is 6.61 Å². The van der Waals surface area contributed by atoms with E-state index in [4.69, 9.17) is 17.0 Å². The van der Waals surface area contributed by atoms with E-state index in [1.165, 1.54) is 25.7 Å². The molecule has 0 radical (unpaired) electrons. The molecule has 4 heteroatoms. The van der Waals surface area contributed by atoms with Crippen LogP contribution in [0.5, 0.6) is 0 Å². The number of hydrogen-bond donors (Lipinski definition) is 1. The predicted molar refractivity (Wildman–Crippen MR) is 71.7 cm³/mol. The van der Waals surface area contributed by atoms with E-state index in [0.717, 1.165) is 31.4 Å². The summed E-state index contributed by atoms with van der Waals surface area (Å²) in [4.78, 5) is 2.14. The third-order valence-electron chi connectivity index (χ3n) is 2.94. The van der Waals surface area contributed by atoms with Gasteiger partial charge in [0.1, 0.15) is 0 Å². The molecule has 1 aliphatic rings. The van der Waals surface area contributed by atoms with Gasteiger partial charge in [-0.2, -0.15) is 0 Å². The molecule has 0 aliphatic carbocycles. The highest BCUT2D eigenvalue weighted by molar-refractivity contribution is 7.80. The van der Waals surface area contributed by atoms with Crippen molar-refractivity contribution < 1.29 is 4.74 Å². The quantitative estimate of drug-likeness (QED) is 0.591. The summed E-state index contributed by atoms with van der Waals surface area (Å²) in [7, 11) is 2.07. The van der Waals surface area contributed by atoms with E-state index in [1.54, 1.807) is 0 Å². The minimum absolute atomic E-state index is 0.643. The summed E-state index contributed by atoms with van der Waals surface area (Å²) < 4.78 is 5.47. The van der Waals surface area contributed by atoms with Crippen LogP contribution in [0.15, 0.2) is 0 Å². The highest BCUT2D eigenvalue weighted by Crippen LogP contribution is 2.14. The Labute approximate surface area is 105 Å². The number of nitrogens with one attached hydrogen (secondary N) is 1. The van der Waals surface area contributed by atoms with Gasteiger partial charge in [0.15, 0.2) is 5.11 Å². The van der Waals surface area contributed by atoms with Crippen molar-refractivity contribution >= 4 is 17.3 Å². The summed E-state index contributed by atoms with van der Waals surface area (Å²) in [5, 5.41) is 4.16. The molecule has 0 aromatic carbocycles. The summed E-state index contributed by atoms with van der Waals surface area (Å²) in [5.74, 6) is 0.643. The van der Waals surface area contributed by atoms with Crippen molar-refractivity contribution in [3.05, 3.63) is 0 Å². The first-order valence-corrected chi connectivity index (χ1v) is 6.71. The van der Waals surface area contributed by atoms with Crippen molar-refractivity contribution in [3.63, 3.8) is 0 Å². The Bertz CT molecular complexity index is 205. The van der Waals surface area contributed by atoms with E-state index in [1.807, 2.05) is 0 Å². The Hall–Kier alpha value is -0.350. The van der Waals surface area contributed by atoms with Gasteiger partial charge < -0.3 is 15.0 Å². The smallest absolute Gasteiger partial charge is 0.168 e. The molecular weight excluding hydrogens is 220 g/mol. The maximum absolute atomic E-state index is 5.47.